The summed E-state index contributed by atoms with van der Waals surface area (Å²) >= 11 is 7.93. The van der Waals surface area contributed by atoms with E-state index in [4.69, 9.17) is 31.8 Å². The van der Waals surface area contributed by atoms with Crippen LogP contribution in [0.4, 0.5) is 24.0 Å². The van der Waals surface area contributed by atoms with Gasteiger partial charge in [-0.25, -0.2) is 26.3 Å². The maximum absolute atomic E-state index is 17.2. The second-order valence-corrected chi connectivity index (χ2v) is 16.8. The van der Waals surface area contributed by atoms with Gasteiger partial charge in [0.2, 0.25) is 10.0 Å². The number of nitrogens with one attached hydrogen (secondary N) is 1. The van der Waals surface area contributed by atoms with Crippen LogP contribution in [-0.4, -0.2) is 86.2 Å². The predicted octanol–water partition coefficient (Wildman–Crippen LogP) is 5.52. The number of nitriles is 1. The number of hydrogen-bond acceptors (Lipinski definition) is 11. The average molecular weight is 748 g/mol. The van der Waals surface area contributed by atoms with Crippen LogP contribution < -0.4 is 24.8 Å². The molecule has 4 aliphatic heterocycles. The van der Waals surface area contributed by atoms with Crippen molar-refractivity contribution in [1.29, 1.82) is 5.26 Å². The van der Waals surface area contributed by atoms with Crippen LogP contribution in [-0.2, 0) is 10.0 Å². The average Bonchev–Trinajstić information content (AvgIpc) is 3.61. The number of thiophene rings is 1. The van der Waals surface area contributed by atoms with E-state index in [-0.39, 0.29) is 78.7 Å². The van der Waals surface area contributed by atoms with Crippen LogP contribution in [0.1, 0.15) is 44.1 Å². The first-order chi connectivity index (χ1) is 23.9. The van der Waals surface area contributed by atoms with Crippen LogP contribution >= 0.6 is 22.9 Å². The number of aromatic nitrogens is 2. The van der Waals surface area contributed by atoms with Crippen molar-refractivity contribution in [3.8, 4) is 29.0 Å². The summed E-state index contributed by atoms with van der Waals surface area (Å²) < 4.78 is 86.6. The number of nitrogens with zero attached hydrogens (tertiary/aromatic N) is 5. The molecule has 8 rings (SSSR count). The molecule has 0 amide bonds. The zero-order valence-electron chi connectivity index (χ0n) is 26.9. The molecular weight excluding hydrogens is 715 g/mol. The molecule has 11 nitrogen and oxygen atoms in total. The summed E-state index contributed by atoms with van der Waals surface area (Å²) in [5.74, 6) is -1.08. The molecule has 3 unspecified atom stereocenters. The molecule has 3 fully saturated rings. The normalized spacial score (nSPS) is 25.2. The van der Waals surface area contributed by atoms with Gasteiger partial charge in [0, 0.05) is 36.5 Å². The van der Waals surface area contributed by atoms with Gasteiger partial charge in [-0.3, -0.25) is 4.90 Å². The van der Waals surface area contributed by atoms with Gasteiger partial charge in [0.05, 0.1) is 38.5 Å². The molecule has 3 N–H and O–H groups in total. The van der Waals surface area contributed by atoms with Gasteiger partial charge in [-0.2, -0.15) is 15.2 Å². The van der Waals surface area contributed by atoms with Gasteiger partial charge in [0.25, 0.3) is 0 Å². The Hall–Kier alpha value is -3.62. The van der Waals surface area contributed by atoms with Gasteiger partial charge < -0.3 is 20.1 Å². The standard InChI is InChI=1S/C33H33ClF3N7O4S2/c1-50(45,46)42-17-4-2-9-44-18(10-17)14-47-28-24-27(40-32(41-31(24)44)48-15-33-7-3-8-43(33)13-16(35)11-33)26(37)23(25(28)34)19-5-6-21(36)29-22(19)20(12-38)30(39)49-29/h5-6,16-18,42H,2-4,7-11,13-15,39H2,1H3/t16-,17?,18?,33?/m1/s1. The molecule has 50 heavy (non-hydrogen) atoms. The van der Waals surface area contributed by atoms with E-state index in [2.05, 4.69) is 14.6 Å². The highest BCUT2D eigenvalue weighted by molar-refractivity contribution is 7.88. The van der Waals surface area contributed by atoms with Crippen molar-refractivity contribution in [3.05, 3.63) is 34.4 Å². The number of sulfonamides is 1. The van der Waals surface area contributed by atoms with Crippen molar-refractivity contribution in [2.24, 2.45) is 0 Å². The monoisotopic (exact) mass is 747 g/mol. The Kier molecular flexibility index (Phi) is 8.22. The van der Waals surface area contributed by atoms with E-state index in [9.17, 15) is 18.1 Å². The molecular formula is C33H33ClF3N7O4S2. The second-order valence-electron chi connectivity index (χ2n) is 13.6. The van der Waals surface area contributed by atoms with Crippen LogP contribution in [0.2, 0.25) is 5.02 Å². The Morgan fingerprint density at radius 2 is 2.08 bits per heavy atom. The summed E-state index contributed by atoms with van der Waals surface area (Å²) in [6, 6.07) is 3.62. The van der Waals surface area contributed by atoms with Crippen LogP contribution in [0.15, 0.2) is 12.1 Å². The van der Waals surface area contributed by atoms with Gasteiger partial charge in [-0.15, -0.1) is 11.3 Å². The summed E-state index contributed by atoms with van der Waals surface area (Å²) in [4.78, 5) is 13.4. The molecule has 0 saturated carbocycles. The Bertz CT molecular complexity index is 2220. The van der Waals surface area contributed by atoms with Crippen molar-refractivity contribution < 1.29 is 31.1 Å². The number of nitrogen functional groups attached to an aromatic ring is 1. The van der Waals surface area contributed by atoms with E-state index in [1.54, 1.807) is 0 Å². The largest absolute Gasteiger partial charge is 0.489 e. The Balaban J connectivity index is 1.32. The summed E-state index contributed by atoms with van der Waals surface area (Å²) in [6.45, 7) is 1.69. The number of halogens is 4. The molecule has 3 saturated heterocycles. The zero-order valence-corrected chi connectivity index (χ0v) is 29.3. The van der Waals surface area contributed by atoms with E-state index < -0.39 is 39.4 Å². The second kappa shape index (κ2) is 12.3. The molecule has 17 heteroatoms. The number of benzene rings is 2. The lowest BCUT2D eigenvalue weighted by molar-refractivity contribution is 0.107. The summed E-state index contributed by atoms with van der Waals surface area (Å²) in [7, 11) is -3.50. The van der Waals surface area contributed by atoms with Crippen molar-refractivity contribution >= 4 is 64.8 Å². The fourth-order valence-electron chi connectivity index (χ4n) is 8.33. The quantitative estimate of drug-likeness (QED) is 0.259. The molecule has 6 heterocycles. The topological polar surface area (TPSA) is 147 Å². The minimum absolute atomic E-state index is 0.00449. The maximum Gasteiger partial charge on any atom is 0.319 e. The first-order valence-electron chi connectivity index (χ1n) is 16.4. The van der Waals surface area contributed by atoms with Crippen molar-refractivity contribution in [2.75, 3.05) is 49.7 Å². The van der Waals surface area contributed by atoms with E-state index in [1.165, 1.54) is 12.1 Å². The number of rotatable bonds is 6. The highest BCUT2D eigenvalue weighted by Gasteiger charge is 2.49. The van der Waals surface area contributed by atoms with E-state index in [0.29, 0.717) is 44.6 Å². The maximum atomic E-state index is 17.2. The van der Waals surface area contributed by atoms with Crippen molar-refractivity contribution in [1.82, 2.24) is 19.6 Å². The fourth-order valence-corrected chi connectivity index (χ4v) is 10.4. The van der Waals surface area contributed by atoms with Gasteiger partial charge in [0.1, 0.15) is 47.6 Å². The zero-order chi connectivity index (χ0) is 35.1. The van der Waals surface area contributed by atoms with E-state index in [0.717, 1.165) is 37.0 Å². The fraction of sp³-hybridized carbons (Fsp3) is 0.485. The third-order valence-corrected chi connectivity index (χ3v) is 12.5. The molecule has 4 atom stereocenters. The molecule has 264 valence electrons. The molecule has 0 bridgehead atoms. The smallest absolute Gasteiger partial charge is 0.319 e. The predicted molar refractivity (Wildman–Crippen MR) is 185 cm³/mol. The molecule has 0 radical (unpaired) electrons. The van der Waals surface area contributed by atoms with Crippen molar-refractivity contribution in [3.63, 3.8) is 0 Å². The lowest BCUT2D eigenvalue weighted by atomic mass is 9.95. The van der Waals surface area contributed by atoms with Crippen LogP contribution in [0, 0.1) is 23.0 Å². The summed E-state index contributed by atoms with van der Waals surface area (Å²) in [6.07, 6.45) is 3.61. The highest BCUT2D eigenvalue weighted by atomic mass is 35.5. The number of anilines is 2. The first-order valence-corrected chi connectivity index (χ1v) is 19.5. The van der Waals surface area contributed by atoms with Gasteiger partial charge in [-0.05, 0) is 50.3 Å². The van der Waals surface area contributed by atoms with Crippen LogP contribution in [0.25, 0.3) is 32.1 Å². The van der Waals surface area contributed by atoms with Gasteiger partial charge in [-0.1, -0.05) is 17.7 Å². The minimum atomic E-state index is -3.50. The number of nitrogens with two attached hydrogens (primary N) is 1. The Labute approximate surface area is 295 Å². The Morgan fingerprint density at radius 1 is 1.26 bits per heavy atom. The molecule has 4 aliphatic rings. The number of fused-ring (bicyclic) bond motifs is 4. The lowest BCUT2D eigenvalue weighted by Crippen LogP contribution is -2.44. The molecule has 2 aromatic carbocycles. The first kappa shape index (κ1) is 33.5. The molecule has 2 aromatic heterocycles. The molecule has 0 spiro atoms. The molecule has 0 aliphatic carbocycles. The number of alkyl halides is 1. The van der Waals surface area contributed by atoms with Gasteiger partial charge in [0.15, 0.2) is 11.6 Å². The van der Waals surface area contributed by atoms with Gasteiger partial charge >= 0.3 is 6.01 Å². The number of hydrogen-bond donors (Lipinski definition) is 2. The van der Waals surface area contributed by atoms with Crippen molar-refractivity contribution in [2.45, 2.75) is 62.3 Å². The van der Waals surface area contributed by atoms with Crippen LogP contribution in [0.3, 0.4) is 0 Å². The number of ether oxygens (including phenoxy) is 2. The van der Waals surface area contributed by atoms with E-state index in [1.807, 2.05) is 11.0 Å². The summed E-state index contributed by atoms with van der Waals surface area (Å²) in [5, 5.41) is 10.2. The Morgan fingerprint density at radius 3 is 2.86 bits per heavy atom. The third-order valence-electron chi connectivity index (χ3n) is 10.4. The third kappa shape index (κ3) is 5.49. The minimum Gasteiger partial charge on any atom is -0.489 e. The highest BCUT2D eigenvalue weighted by Crippen LogP contribution is 2.51. The molecule has 4 aromatic rings. The SMILES string of the molecule is CS(=O)(=O)NC1CCCN2c3nc(OCC45CCCN4C[C@H](F)C5)nc4c(F)c(-c5ccc(F)c6sc(N)c(C#N)c56)c(Cl)c(c34)OCC2C1. The van der Waals surface area contributed by atoms with E-state index >= 15 is 8.78 Å². The van der Waals surface area contributed by atoms with Crippen LogP contribution in [0.5, 0.6) is 11.8 Å². The summed E-state index contributed by atoms with van der Waals surface area (Å²) in [5.41, 5.74) is 5.38. The lowest BCUT2D eigenvalue weighted by Gasteiger charge is -2.32.